The number of hydrogen-bond donors (Lipinski definition) is 1. The maximum Gasteiger partial charge on any atom is 0.260 e. The molecule has 2 aliphatic heterocycles. The molecule has 206 valence electrons. The highest BCUT2D eigenvalue weighted by Crippen LogP contribution is 2.45. The van der Waals surface area contributed by atoms with Gasteiger partial charge < -0.3 is 10.6 Å². The number of nitrogens with zero attached hydrogens (tertiary/aromatic N) is 5. The van der Waals surface area contributed by atoms with E-state index >= 15 is 0 Å². The maximum atomic E-state index is 14.2. The first-order chi connectivity index (χ1) is 18.5. The van der Waals surface area contributed by atoms with E-state index in [0.717, 1.165) is 10.0 Å². The summed E-state index contributed by atoms with van der Waals surface area (Å²) >= 11 is 15.9. The molecule has 0 spiro atoms. The van der Waals surface area contributed by atoms with E-state index in [2.05, 4.69) is 20.9 Å². The van der Waals surface area contributed by atoms with Crippen molar-refractivity contribution in [2.45, 2.75) is 23.9 Å². The summed E-state index contributed by atoms with van der Waals surface area (Å²) in [6.45, 7) is 2.20. The number of nitrogens with two attached hydrogens (primary N) is 1. The molecule has 3 heterocycles. The van der Waals surface area contributed by atoms with Crippen molar-refractivity contribution in [3.8, 4) is 0 Å². The van der Waals surface area contributed by atoms with Gasteiger partial charge in [0.15, 0.2) is 5.03 Å². The van der Waals surface area contributed by atoms with E-state index in [1.165, 1.54) is 20.0 Å². The predicted octanol–water partition coefficient (Wildman–Crippen LogP) is 3.38. The summed E-state index contributed by atoms with van der Waals surface area (Å²) < 4.78 is 31.6. The highest BCUT2D eigenvalue weighted by Gasteiger charge is 2.52. The van der Waals surface area contributed by atoms with Crippen LogP contribution < -0.4 is 10.6 Å². The third kappa shape index (κ3) is 4.98. The molecule has 5 rings (SSSR count). The zero-order valence-electron chi connectivity index (χ0n) is 20.8. The fourth-order valence-corrected chi connectivity index (χ4v) is 7.44. The molecule has 2 amide bonds. The number of imidazole rings is 1. The van der Waals surface area contributed by atoms with Crippen molar-refractivity contribution >= 4 is 72.6 Å². The van der Waals surface area contributed by atoms with Crippen LogP contribution in [0.15, 0.2) is 58.2 Å². The van der Waals surface area contributed by atoms with Gasteiger partial charge in [-0.2, -0.15) is 4.31 Å². The van der Waals surface area contributed by atoms with Crippen molar-refractivity contribution in [3.63, 3.8) is 0 Å². The van der Waals surface area contributed by atoms with Crippen LogP contribution in [0, 0.1) is 0 Å². The minimum Gasteiger partial charge on any atom is -0.339 e. The number of aromatic nitrogens is 2. The van der Waals surface area contributed by atoms with Gasteiger partial charge in [0, 0.05) is 47.1 Å². The lowest BCUT2D eigenvalue weighted by atomic mass is 9.92. The Labute approximate surface area is 244 Å². The van der Waals surface area contributed by atoms with Crippen molar-refractivity contribution < 1.29 is 18.0 Å². The fourth-order valence-electron chi connectivity index (χ4n) is 5.05. The number of piperazine rings is 1. The monoisotopic (exact) mass is 654 g/mol. The number of fused-ring (bicyclic) bond motifs is 1. The normalized spacial score (nSPS) is 20.0. The lowest BCUT2D eigenvalue weighted by Gasteiger charge is -2.34. The zero-order chi connectivity index (χ0) is 28.1. The third-order valence-electron chi connectivity index (χ3n) is 7.01. The fraction of sp³-hybridized carbons (Fsp3) is 0.320. The van der Waals surface area contributed by atoms with Gasteiger partial charge in [0.25, 0.3) is 15.9 Å². The molecule has 2 aromatic carbocycles. The van der Waals surface area contributed by atoms with E-state index in [1.807, 2.05) is 24.3 Å². The summed E-state index contributed by atoms with van der Waals surface area (Å²) in [5.41, 5.74) is 5.33. The van der Waals surface area contributed by atoms with Crippen molar-refractivity contribution in [3.05, 3.63) is 68.7 Å². The van der Waals surface area contributed by atoms with Crippen molar-refractivity contribution in [2.24, 2.45) is 5.73 Å². The summed E-state index contributed by atoms with van der Waals surface area (Å²) in [7, 11) is -4.09. The summed E-state index contributed by atoms with van der Waals surface area (Å²) in [5.74, 6) is -0.462. The predicted molar refractivity (Wildman–Crippen MR) is 152 cm³/mol. The highest BCUT2D eigenvalue weighted by atomic mass is 79.9. The SMILES string of the molecule is CC1(Cc2ccc(Br)cc2)C(=O)N(c2cc(Cl)cc(Cl)c2)c2ncc(S(=O)(=O)N3CCN(C(=O)CN)CC3)n21. The summed E-state index contributed by atoms with van der Waals surface area (Å²) in [6, 6.07) is 12.2. The third-order valence-corrected chi connectivity index (χ3v) is 9.83. The Bertz CT molecular complexity index is 1540. The minimum atomic E-state index is -4.09. The summed E-state index contributed by atoms with van der Waals surface area (Å²) in [6.07, 6.45) is 1.47. The van der Waals surface area contributed by atoms with Crippen molar-refractivity contribution in [2.75, 3.05) is 37.6 Å². The van der Waals surface area contributed by atoms with Gasteiger partial charge >= 0.3 is 0 Å². The summed E-state index contributed by atoms with van der Waals surface area (Å²) in [4.78, 5) is 33.5. The molecular formula is C25H25BrCl2N6O4S. The largest absolute Gasteiger partial charge is 0.339 e. The minimum absolute atomic E-state index is 0.0968. The molecular weight excluding hydrogens is 631 g/mol. The Morgan fingerprint density at radius 3 is 2.28 bits per heavy atom. The molecule has 0 radical (unpaired) electrons. The lowest BCUT2D eigenvalue weighted by Crippen LogP contribution is -2.52. The van der Waals surface area contributed by atoms with Gasteiger partial charge in [0.05, 0.1) is 18.4 Å². The zero-order valence-corrected chi connectivity index (χ0v) is 24.8. The van der Waals surface area contributed by atoms with Gasteiger partial charge in [-0.3, -0.25) is 14.2 Å². The first kappa shape index (κ1) is 28.1. The number of amides is 2. The van der Waals surface area contributed by atoms with Crippen LogP contribution in [-0.2, 0) is 31.6 Å². The molecule has 0 saturated carbocycles. The van der Waals surface area contributed by atoms with Crippen molar-refractivity contribution in [1.29, 1.82) is 0 Å². The van der Waals surface area contributed by atoms with E-state index in [4.69, 9.17) is 28.9 Å². The van der Waals surface area contributed by atoms with Gasteiger partial charge in [0.1, 0.15) is 5.54 Å². The lowest BCUT2D eigenvalue weighted by molar-refractivity contribution is -0.130. The quantitative estimate of drug-likeness (QED) is 0.435. The first-order valence-corrected chi connectivity index (χ1v) is 15.1. The van der Waals surface area contributed by atoms with E-state index in [1.54, 1.807) is 30.0 Å². The van der Waals surface area contributed by atoms with Gasteiger partial charge in [-0.1, -0.05) is 51.3 Å². The molecule has 1 fully saturated rings. The Morgan fingerprint density at radius 1 is 1.08 bits per heavy atom. The molecule has 10 nitrogen and oxygen atoms in total. The Kier molecular flexibility index (Phi) is 7.55. The number of carbonyl (C=O) groups excluding carboxylic acids is 2. The smallest absolute Gasteiger partial charge is 0.260 e. The molecule has 1 aromatic heterocycles. The summed E-state index contributed by atoms with van der Waals surface area (Å²) in [5, 5.41) is 0.532. The van der Waals surface area contributed by atoms with Crippen LogP contribution in [0.4, 0.5) is 11.6 Å². The number of benzene rings is 2. The molecule has 0 aliphatic carbocycles. The Balaban J connectivity index is 1.60. The molecule has 1 saturated heterocycles. The van der Waals surface area contributed by atoms with Crippen LogP contribution in [0.5, 0.6) is 0 Å². The van der Waals surface area contributed by atoms with Gasteiger partial charge in [-0.25, -0.2) is 18.3 Å². The molecule has 1 atom stereocenters. The molecule has 39 heavy (non-hydrogen) atoms. The number of halogens is 3. The first-order valence-electron chi connectivity index (χ1n) is 12.1. The molecule has 2 N–H and O–H groups in total. The maximum absolute atomic E-state index is 14.2. The topological polar surface area (TPSA) is 122 Å². The molecule has 0 bridgehead atoms. The molecule has 14 heteroatoms. The number of hydrogen-bond acceptors (Lipinski definition) is 6. The average molecular weight is 656 g/mol. The number of rotatable bonds is 6. The average Bonchev–Trinajstić information content (AvgIpc) is 3.43. The standard InChI is InChI=1S/C25H25BrCl2N6O4S/c1-25(13-16-2-4-17(26)5-3-16)23(36)33(20-11-18(27)10-19(28)12-20)24-30-15-22(34(24)25)39(37,38)32-8-6-31(7-9-32)21(35)14-29/h2-5,10-12,15H,6-9,13-14,29H2,1H3. The molecule has 2 aliphatic rings. The van der Waals surface area contributed by atoms with Crippen LogP contribution in [0.25, 0.3) is 0 Å². The number of anilines is 2. The van der Waals surface area contributed by atoms with E-state index in [9.17, 15) is 18.0 Å². The second kappa shape index (κ2) is 10.5. The van der Waals surface area contributed by atoms with Crippen LogP contribution in [-0.4, -0.2) is 71.7 Å². The van der Waals surface area contributed by atoms with E-state index in [0.29, 0.717) is 15.7 Å². The van der Waals surface area contributed by atoms with Crippen LogP contribution >= 0.6 is 39.1 Å². The second-order valence-corrected chi connectivity index (χ2v) is 13.2. The Hall–Kier alpha value is -2.48. The number of sulfonamides is 1. The van der Waals surface area contributed by atoms with Crippen LogP contribution in [0.1, 0.15) is 12.5 Å². The highest BCUT2D eigenvalue weighted by molar-refractivity contribution is 9.10. The number of carbonyl (C=O) groups is 2. The van der Waals surface area contributed by atoms with Gasteiger partial charge in [-0.15, -0.1) is 0 Å². The van der Waals surface area contributed by atoms with Crippen LogP contribution in [0.2, 0.25) is 10.0 Å². The molecule has 3 aromatic rings. The Morgan fingerprint density at radius 2 is 1.69 bits per heavy atom. The second-order valence-electron chi connectivity index (χ2n) is 9.57. The van der Waals surface area contributed by atoms with Crippen molar-refractivity contribution in [1.82, 2.24) is 18.8 Å². The molecule has 1 unspecified atom stereocenters. The van der Waals surface area contributed by atoms with E-state index in [-0.39, 0.29) is 61.9 Å². The van der Waals surface area contributed by atoms with Gasteiger partial charge in [-0.05, 0) is 42.8 Å². The van der Waals surface area contributed by atoms with Crippen LogP contribution in [0.3, 0.4) is 0 Å². The van der Waals surface area contributed by atoms with E-state index < -0.39 is 15.6 Å². The van der Waals surface area contributed by atoms with Gasteiger partial charge in [0.2, 0.25) is 11.9 Å².